The van der Waals surface area contributed by atoms with Crippen LogP contribution in [0.4, 0.5) is 0 Å². The maximum Gasteiger partial charge on any atom is 0.0555 e. The normalized spacial score (nSPS) is 14.1. The monoisotopic (exact) mass is 700 g/mol. The minimum atomic E-state index is 1.06. The Morgan fingerprint density at radius 3 is 1.98 bits per heavy atom. The van der Waals surface area contributed by atoms with Crippen LogP contribution >= 0.6 is 22.7 Å². The Bertz CT molecular complexity index is 3190. The molecule has 12 rings (SSSR count). The predicted octanol–water partition coefficient (Wildman–Crippen LogP) is 13.9. The summed E-state index contributed by atoms with van der Waals surface area (Å²) in [5, 5.41) is 7.99. The summed E-state index contributed by atoms with van der Waals surface area (Å²) in [7, 11) is 0. The first-order valence-corrected chi connectivity index (χ1v) is 19.9. The van der Waals surface area contributed by atoms with Gasteiger partial charge in [-0.3, -0.25) is 0 Å². The van der Waals surface area contributed by atoms with E-state index >= 15 is 0 Å². The molecular formula is C48H32N2S2. The van der Waals surface area contributed by atoms with Gasteiger partial charge in [-0.1, -0.05) is 78.9 Å². The molecule has 6 aromatic carbocycles. The van der Waals surface area contributed by atoms with Crippen molar-refractivity contribution in [3.05, 3.63) is 155 Å². The second-order valence-corrected chi connectivity index (χ2v) is 16.5. The van der Waals surface area contributed by atoms with Crippen LogP contribution in [-0.4, -0.2) is 9.13 Å². The molecule has 0 aliphatic heterocycles. The molecule has 0 saturated heterocycles. The molecule has 4 heteroatoms. The lowest BCUT2D eigenvalue weighted by Gasteiger charge is -2.14. The second kappa shape index (κ2) is 10.9. The summed E-state index contributed by atoms with van der Waals surface area (Å²) in [6.07, 6.45) is 13.8. The van der Waals surface area contributed by atoms with Crippen molar-refractivity contribution in [3.63, 3.8) is 0 Å². The van der Waals surface area contributed by atoms with Gasteiger partial charge in [0.2, 0.25) is 0 Å². The SMILES string of the molecule is C1=Cc2c(sc3cccc(-n4c5c(c6cc(-c7ccc8c(c7)c7ccccc7n8-c7cccc8sc9ccccc9c78)ccc64)CCC=C5)c23)CC1. The summed E-state index contributed by atoms with van der Waals surface area (Å²) in [5.74, 6) is 0. The molecule has 0 radical (unpaired) electrons. The number of nitrogens with zero attached hydrogens (tertiary/aromatic N) is 2. The summed E-state index contributed by atoms with van der Waals surface area (Å²) in [4.78, 5) is 1.52. The number of thiophene rings is 2. The topological polar surface area (TPSA) is 9.86 Å². The van der Waals surface area contributed by atoms with E-state index in [1.807, 2.05) is 22.7 Å². The lowest BCUT2D eigenvalue weighted by Crippen LogP contribution is -2.01. The number of fused-ring (bicyclic) bond motifs is 12. The number of hydrogen-bond acceptors (Lipinski definition) is 2. The summed E-state index contributed by atoms with van der Waals surface area (Å²) in [6.45, 7) is 0. The Balaban J connectivity index is 1.06. The minimum absolute atomic E-state index is 1.06. The highest BCUT2D eigenvalue weighted by atomic mass is 32.1. The van der Waals surface area contributed by atoms with Gasteiger partial charge in [0.15, 0.2) is 0 Å². The van der Waals surface area contributed by atoms with Crippen molar-refractivity contribution >= 4 is 97.8 Å². The van der Waals surface area contributed by atoms with E-state index in [1.54, 1.807) is 0 Å². The molecule has 0 saturated carbocycles. The largest absolute Gasteiger partial charge is 0.309 e. The van der Waals surface area contributed by atoms with Gasteiger partial charge in [-0.05, 0) is 115 Å². The molecule has 10 aromatic rings. The average molecular weight is 701 g/mol. The van der Waals surface area contributed by atoms with Crippen molar-refractivity contribution in [2.75, 3.05) is 0 Å². The van der Waals surface area contributed by atoms with E-state index in [1.165, 1.54) is 107 Å². The molecule has 246 valence electrons. The van der Waals surface area contributed by atoms with Gasteiger partial charge in [0.25, 0.3) is 0 Å². The van der Waals surface area contributed by atoms with Crippen LogP contribution in [-0.2, 0) is 12.8 Å². The van der Waals surface area contributed by atoms with Crippen LogP contribution in [0, 0.1) is 0 Å². The highest BCUT2D eigenvalue weighted by Gasteiger charge is 2.24. The van der Waals surface area contributed by atoms with Crippen LogP contribution in [0.2, 0.25) is 0 Å². The van der Waals surface area contributed by atoms with Crippen LogP contribution in [0.3, 0.4) is 0 Å². The molecule has 0 N–H and O–H groups in total. The average Bonchev–Trinajstić information content (AvgIpc) is 3.95. The van der Waals surface area contributed by atoms with Crippen LogP contribution in [0.15, 0.2) is 133 Å². The van der Waals surface area contributed by atoms with E-state index in [9.17, 15) is 0 Å². The van der Waals surface area contributed by atoms with Crippen molar-refractivity contribution in [2.24, 2.45) is 0 Å². The molecule has 2 nitrogen and oxygen atoms in total. The summed E-state index contributed by atoms with van der Waals surface area (Å²) < 4.78 is 9.08. The van der Waals surface area contributed by atoms with Crippen molar-refractivity contribution in [1.82, 2.24) is 9.13 Å². The van der Waals surface area contributed by atoms with E-state index in [0.29, 0.717) is 0 Å². The Kier molecular flexibility index (Phi) is 6.08. The van der Waals surface area contributed by atoms with Crippen LogP contribution in [0.5, 0.6) is 0 Å². The fourth-order valence-corrected chi connectivity index (χ4v) is 11.6. The smallest absolute Gasteiger partial charge is 0.0555 e. The van der Waals surface area contributed by atoms with Gasteiger partial charge >= 0.3 is 0 Å². The molecule has 4 heterocycles. The lowest BCUT2D eigenvalue weighted by atomic mass is 9.97. The highest BCUT2D eigenvalue weighted by molar-refractivity contribution is 7.25. The fourth-order valence-electron chi connectivity index (χ4n) is 9.20. The van der Waals surface area contributed by atoms with E-state index in [4.69, 9.17) is 0 Å². The zero-order valence-electron chi connectivity index (χ0n) is 28.4. The molecule has 0 atom stereocenters. The summed E-state index contributed by atoms with van der Waals surface area (Å²) >= 11 is 3.85. The van der Waals surface area contributed by atoms with E-state index < -0.39 is 0 Å². The maximum absolute atomic E-state index is 2.55. The van der Waals surface area contributed by atoms with E-state index in [-0.39, 0.29) is 0 Å². The van der Waals surface area contributed by atoms with Gasteiger partial charge in [-0.2, -0.15) is 0 Å². The van der Waals surface area contributed by atoms with Gasteiger partial charge in [-0.15, -0.1) is 22.7 Å². The van der Waals surface area contributed by atoms with Crippen LogP contribution < -0.4 is 0 Å². The fraction of sp³-hybridized carbons (Fsp3) is 0.0833. The summed E-state index contributed by atoms with van der Waals surface area (Å²) in [6, 6.07) is 45.7. The van der Waals surface area contributed by atoms with Gasteiger partial charge in [-0.25, -0.2) is 0 Å². The first-order chi connectivity index (χ1) is 25.8. The molecule has 0 spiro atoms. The predicted molar refractivity (Wildman–Crippen MR) is 226 cm³/mol. The number of aryl methyl sites for hydroxylation is 2. The van der Waals surface area contributed by atoms with Gasteiger partial charge in [0.05, 0.1) is 27.9 Å². The number of aromatic nitrogens is 2. The molecule has 0 unspecified atom stereocenters. The first-order valence-electron chi connectivity index (χ1n) is 18.3. The standard InChI is InChI=1S/C48H32N2S2/c1-5-15-37-31(11-1)35-27-29(23-25-39(35)49(37)41-17-9-21-45-47(41)33-13-3-7-19-43(33)51-45)30-24-26-40-36(28-30)32-12-2-6-16-38(32)50(40)42-18-10-22-46-48(42)34-14-4-8-20-44(34)52-46/h1,3-7,9-11,13-19,21-28H,2,8,12,20H2. The Hall–Kier alpha value is -5.68. The zero-order valence-corrected chi connectivity index (χ0v) is 30.0. The number of rotatable bonds is 3. The first kappa shape index (κ1) is 29.0. The lowest BCUT2D eigenvalue weighted by molar-refractivity contribution is 0.969. The van der Waals surface area contributed by atoms with Crippen LogP contribution in [0.25, 0.3) is 97.6 Å². The molecule has 4 aromatic heterocycles. The highest BCUT2D eigenvalue weighted by Crippen LogP contribution is 2.45. The molecule has 2 aliphatic rings. The van der Waals surface area contributed by atoms with Crippen molar-refractivity contribution in [1.29, 1.82) is 0 Å². The van der Waals surface area contributed by atoms with Crippen LogP contribution in [0.1, 0.15) is 34.5 Å². The van der Waals surface area contributed by atoms with Crippen molar-refractivity contribution < 1.29 is 0 Å². The quantitative estimate of drug-likeness (QED) is 0.174. The number of benzene rings is 6. The third-order valence-electron chi connectivity index (χ3n) is 11.4. The number of para-hydroxylation sites is 1. The molecule has 0 fully saturated rings. The molecule has 0 bridgehead atoms. The van der Waals surface area contributed by atoms with E-state index in [2.05, 4.69) is 155 Å². The van der Waals surface area contributed by atoms with Gasteiger partial charge in [0.1, 0.15) is 0 Å². The Morgan fingerprint density at radius 1 is 0.462 bits per heavy atom. The Labute approximate surface area is 308 Å². The second-order valence-electron chi connectivity index (χ2n) is 14.2. The Morgan fingerprint density at radius 2 is 1.12 bits per heavy atom. The molecular weight excluding hydrogens is 669 g/mol. The molecule has 2 aliphatic carbocycles. The summed E-state index contributed by atoms with van der Waals surface area (Å²) in [5.41, 5.74) is 13.1. The van der Waals surface area contributed by atoms with Crippen molar-refractivity contribution in [3.8, 4) is 22.5 Å². The minimum Gasteiger partial charge on any atom is -0.309 e. The molecule has 52 heavy (non-hydrogen) atoms. The number of hydrogen-bond donors (Lipinski definition) is 0. The third kappa shape index (κ3) is 3.99. The molecule has 0 amide bonds. The van der Waals surface area contributed by atoms with Gasteiger partial charge in [0, 0.05) is 57.0 Å². The zero-order chi connectivity index (χ0) is 33.9. The van der Waals surface area contributed by atoms with E-state index in [0.717, 1.165) is 25.7 Å². The van der Waals surface area contributed by atoms with Crippen molar-refractivity contribution in [2.45, 2.75) is 25.7 Å². The number of allylic oxidation sites excluding steroid dienone is 2. The maximum atomic E-state index is 2.55. The van der Waals surface area contributed by atoms with Gasteiger partial charge < -0.3 is 9.13 Å². The third-order valence-corrected chi connectivity index (χ3v) is 13.8.